The van der Waals surface area contributed by atoms with Crippen molar-refractivity contribution in [2.24, 2.45) is 0 Å². The predicted octanol–water partition coefficient (Wildman–Crippen LogP) is 2.32. The van der Waals surface area contributed by atoms with Crippen LogP contribution in [0.3, 0.4) is 0 Å². The van der Waals surface area contributed by atoms with Crippen molar-refractivity contribution in [2.75, 3.05) is 0 Å². The summed E-state index contributed by atoms with van der Waals surface area (Å²) in [5, 5.41) is 4.12. The minimum Gasteiger partial charge on any atom is -0.291 e. The highest BCUT2D eigenvalue weighted by Crippen LogP contribution is 2.08. The third-order valence-electron chi connectivity index (χ3n) is 3.14. The summed E-state index contributed by atoms with van der Waals surface area (Å²) in [6.07, 6.45) is 9.84. The van der Waals surface area contributed by atoms with Gasteiger partial charge in [0, 0.05) is 6.07 Å². The SMILES string of the molecule is CCCCCCCCc1cc(=O)[nH]c2ncnn12. The van der Waals surface area contributed by atoms with Crippen molar-refractivity contribution in [1.29, 1.82) is 0 Å². The highest BCUT2D eigenvalue weighted by molar-refractivity contribution is 5.26. The molecular weight excluding hydrogens is 228 g/mol. The fourth-order valence-electron chi connectivity index (χ4n) is 2.16. The zero-order valence-electron chi connectivity index (χ0n) is 10.9. The van der Waals surface area contributed by atoms with Gasteiger partial charge in [-0.2, -0.15) is 10.1 Å². The lowest BCUT2D eigenvalue weighted by atomic mass is 10.1. The third-order valence-corrected chi connectivity index (χ3v) is 3.14. The number of unbranched alkanes of at least 4 members (excludes halogenated alkanes) is 5. The second-order valence-electron chi connectivity index (χ2n) is 4.64. The summed E-state index contributed by atoms with van der Waals surface area (Å²) >= 11 is 0. The van der Waals surface area contributed by atoms with E-state index in [1.165, 1.54) is 38.4 Å². The highest BCUT2D eigenvalue weighted by Gasteiger charge is 2.04. The molecular formula is C13H20N4O. The Morgan fingerprint density at radius 2 is 2.00 bits per heavy atom. The Bertz CT molecular complexity index is 543. The third kappa shape index (κ3) is 3.18. The Kier molecular flexibility index (Phi) is 4.50. The van der Waals surface area contributed by atoms with E-state index in [-0.39, 0.29) is 5.56 Å². The first-order chi connectivity index (χ1) is 8.81. The molecule has 0 aromatic carbocycles. The summed E-state index contributed by atoms with van der Waals surface area (Å²) in [4.78, 5) is 18.1. The second kappa shape index (κ2) is 6.33. The Morgan fingerprint density at radius 3 is 2.83 bits per heavy atom. The molecule has 0 aliphatic carbocycles. The van der Waals surface area contributed by atoms with Crippen LogP contribution in [0.5, 0.6) is 0 Å². The van der Waals surface area contributed by atoms with Crippen LogP contribution in [0.4, 0.5) is 0 Å². The Balaban J connectivity index is 1.91. The van der Waals surface area contributed by atoms with Crippen molar-refractivity contribution >= 4 is 5.78 Å². The Hall–Kier alpha value is -1.65. The molecule has 0 aliphatic rings. The maximum Gasteiger partial charge on any atom is 0.252 e. The first-order valence-corrected chi connectivity index (χ1v) is 6.73. The number of fused-ring (bicyclic) bond motifs is 1. The van der Waals surface area contributed by atoms with E-state index in [2.05, 4.69) is 22.0 Å². The molecule has 5 heteroatoms. The first-order valence-electron chi connectivity index (χ1n) is 6.73. The van der Waals surface area contributed by atoms with Crippen molar-refractivity contribution in [2.45, 2.75) is 51.9 Å². The quantitative estimate of drug-likeness (QED) is 0.765. The molecule has 2 rings (SSSR count). The van der Waals surface area contributed by atoms with Gasteiger partial charge in [0.15, 0.2) is 0 Å². The molecule has 0 spiro atoms. The maximum absolute atomic E-state index is 11.4. The predicted molar refractivity (Wildman–Crippen MR) is 70.7 cm³/mol. The largest absolute Gasteiger partial charge is 0.291 e. The minimum atomic E-state index is -0.100. The normalized spacial score (nSPS) is 11.2. The number of aromatic nitrogens is 4. The Morgan fingerprint density at radius 1 is 1.22 bits per heavy atom. The molecule has 0 radical (unpaired) electrons. The van der Waals surface area contributed by atoms with E-state index in [1.54, 1.807) is 10.6 Å². The van der Waals surface area contributed by atoms with Gasteiger partial charge >= 0.3 is 0 Å². The lowest BCUT2D eigenvalue weighted by Gasteiger charge is -2.03. The van der Waals surface area contributed by atoms with Crippen molar-refractivity contribution in [3.05, 3.63) is 28.4 Å². The monoisotopic (exact) mass is 248 g/mol. The zero-order chi connectivity index (χ0) is 12.8. The molecule has 98 valence electrons. The van der Waals surface area contributed by atoms with E-state index in [4.69, 9.17) is 0 Å². The smallest absolute Gasteiger partial charge is 0.252 e. The summed E-state index contributed by atoms with van der Waals surface area (Å²) < 4.78 is 1.72. The molecule has 0 saturated carbocycles. The van der Waals surface area contributed by atoms with Gasteiger partial charge < -0.3 is 0 Å². The number of aromatic amines is 1. The molecule has 18 heavy (non-hydrogen) atoms. The number of hydrogen-bond donors (Lipinski definition) is 1. The summed E-state index contributed by atoms with van der Waals surface area (Å²) in [6.45, 7) is 2.22. The summed E-state index contributed by atoms with van der Waals surface area (Å²) in [6, 6.07) is 1.62. The van der Waals surface area contributed by atoms with Gasteiger partial charge in [-0.25, -0.2) is 4.52 Å². The lowest BCUT2D eigenvalue weighted by Crippen LogP contribution is -2.12. The number of H-pyrrole nitrogens is 1. The van der Waals surface area contributed by atoms with Crippen LogP contribution in [0, 0.1) is 0 Å². The maximum atomic E-state index is 11.4. The van der Waals surface area contributed by atoms with Crippen LogP contribution >= 0.6 is 0 Å². The van der Waals surface area contributed by atoms with E-state index >= 15 is 0 Å². The molecule has 5 nitrogen and oxygen atoms in total. The fourth-order valence-corrected chi connectivity index (χ4v) is 2.16. The number of hydrogen-bond acceptors (Lipinski definition) is 3. The molecule has 0 fully saturated rings. The summed E-state index contributed by atoms with van der Waals surface area (Å²) in [5.41, 5.74) is 0.846. The average molecular weight is 248 g/mol. The molecule has 0 amide bonds. The number of aryl methyl sites for hydroxylation is 1. The highest BCUT2D eigenvalue weighted by atomic mass is 16.1. The van der Waals surface area contributed by atoms with E-state index < -0.39 is 0 Å². The van der Waals surface area contributed by atoms with Crippen LogP contribution in [0.15, 0.2) is 17.2 Å². The van der Waals surface area contributed by atoms with Crippen molar-refractivity contribution in [3.8, 4) is 0 Å². The minimum absolute atomic E-state index is 0.100. The van der Waals surface area contributed by atoms with Gasteiger partial charge in [-0.3, -0.25) is 9.78 Å². The van der Waals surface area contributed by atoms with Gasteiger partial charge in [0.1, 0.15) is 6.33 Å². The van der Waals surface area contributed by atoms with Crippen LogP contribution in [0.1, 0.15) is 51.1 Å². The summed E-state index contributed by atoms with van der Waals surface area (Å²) in [7, 11) is 0. The summed E-state index contributed by atoms with van der Waals surface area (Å²) in [5.74, 6) is 0.531. The second-order valence-corrected chi connectivity index (χ2v) is 4.64. The topological polar surface area (TPSA) is 63.0 Å². The van der Waals surface area contributed by atoms with Crippen LogP contribution in [0.2, 0.25) is 0 Å². The molecule has 0 unspecified atom stereocenters. The molecule has 2 aromatic rings. The molecule has 0 aliphatic heterocycles. The van der Waals surface area contributed by atoms with Crippen LogP contribution in [-0.4, -0.2) is 19.6 Å². The van der Waals surface area contributed by atoms with E-state index in [0.29, 0.717) is 5.78 Å². The molecule has 2 heterocycles. The van der Waals surface area contributed by atoms with E-state index in [9.17, 15) is 4.79 Å². The fraction of sp³-hybridized carbons (Fsp3) is 0.615. The van der Waals surface area contributed by atoms with Gasteiger partial charge in [0.05, 0.1) is 5.69 Å². The molecule has 2 aromatic heterocycles. The van der Waals surface area contributed by atoms with Crippen LogP contribution in [0.25, 0.3) is 5.78 Å². The standard InChI is InChI=1S/C13H20N4O/c1-2-3-4-5-6-7-8-11-9-12(18)16-13-14-10-15-17(11)13/h9-10H,2-8H2,1H3,(H,14,15,16,18). The molecule has 0 saturated heterocycles. The van der Waals surface area contributed by atoms with E-state index in [1.807, 2.05) is 0 Å². The molecule has 0 bridgehead atoms. The Labute approximate surface area is 106 Å². The van der Waals surface area contributed by atoms with Crippen LogP contribution in [-0.2, 0) is 6.42 Å². The number of nitrogens with zero attached hydrogens (tertiary/aromatic N) is 3. The molecule has 1 N–H and O–H groups in total. The van der Waals surface area contributed by atoms with Gasteiger partial charge in [0.2, 0.25) is 5.78 Å². The first kappa shape index (κ1) is 12.8. The van der Waals surface area contributed by atoms with Gasteiger partial charge in [-0.05, 0) is 12.8 Å². The van der Waals surface area contributed by atoms with Gasteiger partial charge in [-0.1, -0.05) is 39.0 Å². The van der Waals surface area contributed by atoms with Crippen molar-refractivity contribution in [3.63, 3.8) is 0 Å². The lowest BCUT2D eigenvalue weighted by molar-refractivity contribution is 0.600. The molecule has 0 atom stereocenters. The van der Waals surface area contributed by atoms with Gasteiger partial charge in [0.25, 0.3) is 5.56 Å². The van der Waals surface area contributed by atoms with E-state index in [0.717, 1.165) is 18.5 Å². The number of rotatable bonds is 7. The zero-order valence-corrected chi connectivity index (χ0v) is 10.9. The van der Waals surface area contributed by atoms with Crippen molar-refractivity contribution < 1.29 is 0 Å². The van der Waals surface area contributed by atoms with Crippen LogP contribution < -0.4 is 5.56 Å². The number of nitrogens with one attached hydrogen (secondary N) is 1. The van der Waals surface area contributed by atoms with Gasteiger partial charge in [-0.15, -0.1) is 0 Å². The van der Waals surface area contributed by atoms with Crippen molar-refractivity contribution in [1.82, 2.24) is 19.6 Å². The average Bonchev–Trinajstić information content (AvgIpc) is 2.81.